The highest BCUT2D eigenvalue weighted by atomic mass is 16.5. The van der Waals surface area contributed by atoms with Crippen molar-refractivity contribution in [2.75, 3.05) is 20.2 Å². The van der Waals surface area contributed by atoms with Crippen LogP contribution < -0.4 is 4.74 Å². The molecule has 1 aliphatic rings. The Balaban J connectivity index is 1.69. The number of aromatic nitrogens is 2. The molecule has 0 amide bonds. The van der Waals surface area contributed by atoms with Crippen LogP contribution in [0.4, 0.5) is 0 Å². The normalized spacial score (nSPS) is 18.5. The van der Waals surface area contributed by atoms with Gasteiger partial charge in [0, 0.05) is 30.9 Å². The summed E-state index contributed by atoms with van der Waals surface area (Å²) in [5.74, 6) is 0.925. The largest absolute Gasteiger partial charge is 0.497 e. The van der Waals surface area contributed by atoms with E-state index in [4.69, 9.17) is 4.74 Å². The topological polar surface area (TPSA) is 30.3 Å². The molecule has 23 heavy (non-hydrogen) atoms. The first-order valence-corrected chi connectivity index (χ1v) is 8.47. The molecule has 1 saturated heterocycles. The lowest BCUT2D eigenvalue weighted by atomic mass is 10.0. The van der Waals surface area contributed by atoms with Gasteiger partial charge in [0.15, 0.2) is 0 Å². The predicted molar refractivity (Wildman–Crippen MR) is 92.9 cm³/mol. The van der Waals surface area contributed by atoms with E-state index in [0.717, 1.165) is 18.7 Å². The van der Waals surface area contributed by atoms with E-state index in [0.29, 0.717) is 6.04 Å². The molecule has 4 heteroatoms. The number of methoxy groups -OCH3 is 1. The Morgan fingerprint density at radius 2 is 1.96 bits per heavy atom. The maximum atomic E-state index is 5.23. The molecule has 0 spiro atoms. The number of likely N-dealkylation sites (tertiary alicyclic amines) is 1. The summed E-state index contributed by atoms with van der Waals surface area (Å²) in [6, 6.07) is 8.97. The van der Waals surface area contributed by atoms with Crippen LogP contribution in [-0.2, 0) is 13.5 Å². The molecule has 0 radical (unpaired) electrons. The Hall–Kier alpha value is -1.81. The van der Waals surface area contributed by atoms with Gasteiger partial charge in [-0.3, -0.25) is 9.58 Å². The van der Waals surface area contributed by atoms with Gasteiger partial charge in [0.25, 0.3) is 0 Å². The number of ether oxygens (including phenoxy) is 1. The van der Waals surface area contributed by atoms with Gasteiger partial charge in [-0.15, -0.1) is 0 Å². The number of rotatable bonds is 5. The molecule has 124 valence electrons. The minimum absolute atomic E-state index is 0.530. The van der Waals surface area contributed by atoms with Gasteiger partial charge in [0.2, 0.25) is 0 Å². The summed E-state index contributed by atoms with van der Waals surface area (Å²) in [5.41, 5.74) is 5.31. The molecule has 0 saturated carbocycles. The number of nitrogens with zero attached hydrogens (tertiary/aromatic N) is 3. The van der Waals surface area contributed by atoms with Crippen LogP contribution in [0.3, 0.4) is 0 Å². The first-order valence-electron chi connectivity index (χ1n) is 8.47. The Labute approximate surface area is 139 Å². The highest BCUT2D eigenvalue weighted by molar-refractivity contribution is 5.30. The molecular formula is C19H27N3O. The van der Waals surface area contributed by atoms with Crippen molar-refractivity contribution in [3.05, 3.63) is 46.8 Å². The molecular weight excluding hydrogens is 286 g/mol. The minimum Gasteiger partial charge on any atom is -0.497 e. The zero-order chi connectivity index (χ0) is 16.4. The Kier molecular flexibility index (Phi) is 4.71. The van der Waals surface area contributed by atoms with E-state index >= 15 is 0 Å². The van der Waals surface area contributed by atoms with Gasteiger partial charge < -0.3 is 4.74 Å². The zero-order valence-corrected chi connectivity index (χ0v) is 14.7. The average molecular weight is 313 g/mol. The molecule has 1 atom stereocenters. The van der Waals surface area contributed by atoms with Crippen molar-refractivity contribution in [1.82, 2.24) is 14.7 Å². The van der Waals surface area contributed by atoms with Crippen LogP contribution in [0.15, 0.2) is 24.3 Å². The summed E-state index contributed by atoms with van der Waals surface area (Å²) in [7, 11) is 3.75. The Morgan fingerprint density at radius 1 is 1.22 bits per heavy atom. The molecule has 3 rings (SSSR count). The molecule has 4 nitrogen and oxygen atoms in total. The van der Waals surface area contributed by atoms with Crippen LogP contribution >= 0.6 is 0 Å². The van der Waals surface area contributed by atoms with Gasteiger partial charge in [-0.25, -0.2) is 0 Å². The highest BCUT2D eigenvalue weighted by Crippen LogP contribution is 2.35. The minimum atomic E-state index is 0.530. The molecule has 0 aliphatic carbocycles. The van der Waals surface area contributed by atoms with Crippen LogP contribution in [0.1, 0.15) is 41.4 Å². The van der Waals surface area contributed by atoms with Crippen molar-refractivity contribution >= 4 is 0 Å². The second-order valence-electron chi connectivity index (χ2n) is 6.50. The fourth-order valence-corrected chi connectivity index (χ4v) is 3.76. The van der Waals surface area contributed by atoms with Crippen molar-refractivity contribution in [2.45, 2.75) is 39.2 Å². The first kappa shape index (κ1) is 16.1. The maximum absolute atomic E-state index is 5.23. The quantitative estimate of drug-likeness (QED) is 0.847. The lowest BCUT2D eigenvalue weighted by Gasteiger charge is -2.25. The maximum Gasteiger partial charge on any atom is 0.118 e. The Bertz CT molecular complexity index is 660. The van der Waals surface area contributed by atoms with Crippen LogP contribution in [0.2, 0.25) is 0 Å². The average Bonchev–Trinajstić information content (AvgIpc) is 3.10. The molecule has 1 aromatic heterocycles. The van der Waals surface area contributed by atoms with E-state index in [2.05, 4.69) is 36.0 Å². The SMILES string of the molecule is COc1ccc(CCN2CCC[C@H]2c2c(C)nn(C)c2C)cc1. The molecule has 0 bridgehead atoms. The smallest absolute Gasteiger partial charge is 0.118 e. The van der Waals surface area contributed by atoms with Crippen molar-refractivity contribution in [2.24, 2.45) is 7.05 Å². The van der Waals surface area contributed by atoms with Gasteiger partial charge in [-0.05, 0) is 57.4 Å². The molecule has 2 heterocycles. The van der Waals surface area contributed by atoms with Crippen LogP contribution in [0, 0.1) is 13.8 Å². The van der Waals surface area contributed by atoms with Crippen LogP contribution in [-0.4, -0.2) is 34.9 Å². The second kappa shape index (κ2) is 6.75. The molecule has 0 N–H and O–H groups in total. The van der Waals surface area contributed by atoms with Crippen molar-refractivity contribution in [1.29, 1.82) is 0 Å². The Morgan fingerprint density at radius 3 is 2.57 bits per heavy atom. The standard InChI is InChI=1S/C19H27N3O/c1-14-19(15(2)21(3)20-14)18-6-5-12-22(18)13-11-16-7-9-17(23-4)10-8-16/h7-10,18H,5-6,11-13H2,1-4H3/t18-/m0/s1. The van der Waals surface area contributed by atoms with E-state index in [1.165, 1.54) is 41.9 Å². The fraction of sp³-hybridized carbons (Fsp3) is 0.526. The highest BCUT2D eigenvalue weighted by Gasteiger charge is 2.29. The van der Waals surface area contributed by atoms with Crippen molar-refractivity contribution in [3.63, 3.8) is 0 Å². The molecule has 2 aromatic rings. The van der Waals surface area contributed by atoms with Crippen LogP contribution in [0.25, 0.3) is 0 Å². The van der Waals surface area contributed by atoms with Crippen molar-refractivity contribution in [3.8, 4) is 5.75 Å². The van der Waals surface area contributed by atoms with Crippen molar-refractivity contribution < 1.29 is 4.74 Å². The summed E-state index contributed by atoms with van der Waals surface area (Å²) < 4.78 is 7.25. The van der Waals surface area contributed by atoms with Gasteiger partial charge in [-0.1, -0.05) is 12.1 Å². The third kappa shape index (κ3) is 3.27. The van der Waals surface area contributed by atoms with Gasteiger partial charge in [0.1, 0.15) is 5.75 Å². The predicted octanol–water partition coefficient (Wildman–Crippen LogP) is 3.43. The third-order valence-corrected chi connectivity index (χ3v) is 5.11. The third-order valence-electron chi connectivity index (χ3n) is 5.11. The number of hydrogen-bond acceptors (Lipinski definition) is 3. The van der Waals surface area contributed by atoms with Gasteiger partial charge >= 0.3 is 0 Å². The van der Waals surface area contributed by atoms with E-state index in [-0.39, 0.29) is 0 Å². The van der Waals surface area contributed by atoms with E-state index in [1.54, 1.807) is 7.11 Å². The van der Waals surface area contributed by atoms with Gasteiger partial charge in [-0.2, -0.15) is 5.10 Å². The zero-order valence-electron chi connectivity index (χ0n) is 14.7. The second-order valence-corrected chi connectivity index (χ2v) is 6.50. The van der Waals surface area contributed by atoms with Crippen LogP contribution in [0.5, 0.6) is 5.75 Å². The van der Waals surface area contributed by atoms with E-state index in [9.17, 15) is 0 Å². The summed E-state index contributed by atoms with van der Waals surface area (Å²) >= 11 is 0. The van der Waals surface area contributed by atoms with Gasteiger partial charge in [0.05, 0.1) is 12.8 Å². The molecule has 1 fully saturated rings. The molecule has 1 aliphatic heterocycles. The lowest BCUT2D eigenvalue weighted by molar-refractivity contribution is 0.259. The molecule has 1 aromatic carbocycles. The fourth-order valence-electron chi connectivity index (χ4n) is 3.76. The number of aryl methyl sites for hydroxylation is 2. The first-order chi connectivity index (χ1) is 11.1. The lowest BCUT2D eigenvalue weighted by Crippen LogP contribution is -2.26. The summed E-state index contributed by atoms with van der Waals surface area (Å²) in [5, 5.41) is 4.60. The number of benzene rings is 1. The van der Waals surface area contributed by atoms with E-state index < -0.39 is 0 Å². The summed E-state index contributed by atoms with van der Waals surface area (Å²) in [4.78, 5) is 2.63. The molecule has 0 unspecified atom stereocenters. The van der Waals surface area contributed by atoms with E-state index in [1.807, 2.05) is 23.9 Å². The number of hydrogen-bond donors (Lipinski definition) is 0. The monoisotopic (exact) mass is 313 g/mol. The summed E-state index contributed by atoms with van der Waals surface area (Å²) in [6.45, 7) is 6.62. The summed E-state index contributed by atoms with van der Waals surface area (Å²) in [6.07, 6.45) is 3.61.